The van der Waals surface area contributed by atoms with E-state index in [9.17, 15) is 13.2 Å². The van der Waals surface area contributed by atoms with Crippen molar-refractivity contribution in [2.24, 2.45) is 0 Å². The number of anilines is 1. The summed E-state index contributed by atoms with van der Waals surface area (Å²) in [5.41, 5.74) is 2.54. The second kappa shape index (κ2) is 10.0. The molecular formula is C19H23ClN2O3S2. The molecule has 8 heteroatoms. The van der Waals surface area contributed by atoms with E-state index in [1.54, 1.807) is 30.0 Å². The molecule has 2 aromatic rings. The molecule has 0 radical (unpaired) electrons. The van der Waals surface area contributed by atoms with Crippen LogP contribution in [0.15, 0.2) is 48.5 Å². The molecule has 0 bridgehead atoms. The van der Waals surface area contributed by atoms with Gasteiger partial charge in [-0.2, -0.15) is 11.8 Å². The summed E-state index contributed by atoms with van der Waals surface area (Å²) in [6, 6.07) is 14.7. The molecule has 0 spiro atoms. The Morgan fingerprint density at radius 1 is 1.19 bits per heavy atom. The number of sulfonamides is 1. The molecule has 0 atom stereocenters. The first-order valence-electron chi connectivity index (χ1n) is 8.39. The van der Waals surface area contributed by atoms with E-state index in [2.05, 4.69) is 5.32 Å². The number of amides is 1. The smallest absolute Gasteiger partial charge is 0.240 e. The first-order valence-corrected chi connectivity index (χ1v) is 11.8. The number of hydrogen-bond donors (Lipinski definition) is 1. The molecule has 0 saturated heterocycles. The third-order valence-corrected chi connectivity index (χ3v) is 6.11. The number of benzene rings is 2. The molecule has 2 aromatic carbocycles. The Morgan fingerprint density at radius 2 is 1.93 bits per heavy atom. The molecule has 0 unspecified atom stereocenters. The number of carbonyl (C=O) groups is 1. The van der Waals surface area contributed by atoms with Gasteiger partial charge in [-0.05, 0) is 42.3 Å². The molecule has 0 aromatic heterocycles. The lowest BCUT2D eigenvalue weighted by atomic mass is 10.2. The highest BCUT2D eigenvalue weighted by Crippen LogP contribution is 2.19. The summed E-state index contributed by atoms with van der Waals surface area (Å²) in [4.78, 5) is 12.2. The van der Waals surface area contributed by atoms with Gasteiger partial charge in [-0.25, -0.2) is 8.42 Å². The number of thioether (sulfide) groups is 1. The van der Waals surface area contributed by atoms with Gasteiger partial charge >= 0.3 is 0 Å². The Balaban J connectivity index is 1.82. The van der Waals surface area contributed by atoms with Crippen molar-refractivity contribution in [3.05, 3.63) is 64.7 Å². The third-order valence-electron chi connectivity index (χ3n) is 3.70. The van der Waals surface area contributed by atoms with Crippen molar-refractivity contribution in [2.75, 3.05) is 29.4 Å². The standard InChI is InChI=1S/C19H23ClN2O3S2/c1-15-5-3-8-18(11-15)22(27(2,24)25)13-19(23)21-9-10-26-14-16-6-4-7-17(20)12-16/h3-8,11-12H,9-10,13-14H2,1-2H3,(H,21,23). The lowest BCUT2D eigenvalue weighted by Gasteiger charge is -2.22. The minimum Gasteiger partial charge on any atom is -0.354 e. The third kappa shape index (κ3) is 7.44. The van der Waals surface area contributed by atoms with Crippen LogP contribution < -0.4 is 9.62 Å². The van der Waals surface area contributed by atoms with Gasteiger partial charge in [0.05, 0.1) is 11.9 Å². The van der Waals surface area contributed by atoms with Crippen LogP contribution in [0.5, 0.6) is 0 Å². The molecule has 2 rings (SSSR count). The van der Waals surface area contributed by atoms with Crippen LogP contribution in [0.2, 0.25) is 5.02 Å². The van der Waals surface area contributed by atoms with E-state index in [0.717, 1.165) is 33.2 Å². The molecule has 0 saturated carbocycles. The highest BCUT2D eigenvalue weighted by Gasteiger charge is 2.20. The number of nitrogens with zero attached hydrogens (tertiary/aromatic N) is 1. The monoisotopic (exact) mass is 426 g/mol. The fourth-order valence-corrected chi connectivity index (χ4v) is 4.32. The molecule has 1 amide bonds. The van der Waals surface area contributed by atoms with Crippen LogP contribution in [0, 0.1) is 6.92 Å². The summed E-state index contributed by atoms with van der Waals surface area (Å²) in [7, 11) is -3.55. The summed E-state index contributed by atoms with van der Waals surface area (Å²) in [5, 5.41) is 3.48. The first-order chi connectivity index (χ1) is 12.8. The molecule has 0 fully saturated rings. The zero-order valence-corrected chi connectivity index (χ0v) is 17.7. The second-order valence-corrected chi connectivity index (χ2v) is 9.59. The van der Waals surface area contributed by atoms with Gasteiger partial charge < -0.3 is 5.32 Å². The molecule has 0 heterocycles. The normalized spacial score (nSPS) is 11.2. The Hall–Kier alpha value is -1.70. The number of aryl methyl sites for hydroxylation is 1. The topological polar surface area (TPSA) is 66.5 Å². The molecule has 5 nitrogen and oxygen atoms in total. The maximum Gasteiger partial charge on any atom is 0.240 e. The number of halogens is 1. The van der Waals surface area contributed by atoms with Gasteiger partial charge in [0, 0.05) is 23.1 Å². The van der Waals surface area contributed by atoms with Crippen LogP contribution in [-0.2, 0) is 20.6 Å². The van der Waals surface area contributed by atoms with E-state index < -0.39 is 10.0 Å². The minimum atomic E-state index is -3.55. The van der Waals surface area contributed by atoms with E-state index in [1.165, 1.54) is 0 Å². The maximum absolute atomic E-state index is 12.2. The lowest BCUT2D eigenvalue weighted by molar-refractivity contribution is -0.119. The van der Waals surface area contributed by atoms with Gasteiger partial charge in [-0.15, -0.1) is 0 Å². The van der Waals surface area contributed by atoms with E-state index in [0.29, 0.717) is 17.3 Å². The number of nitrogens with one attached hydrogen (secondary N) is 1. The van der Waals surface area contributed by atoms with Crippen molar-refractivity contribution >= 4 is 45.0 Å². The van der Waals surface area contributed by atoms with Gasteiger partial charge in [-0.3, -0.25) is 9.10 Å². The van der Waals surface area contributed by atoms with Crippen LogP contribution in [-0.4, -0.2) is 39.4 Å². The lowest BCUT2D eigenvalue weighted by Crippen LogP contribution is -2.41. The summed E-state index contributed by atoms with van der Waals surface area (Å²) in [5.74, 6) is 1.20. The molecule has 0 aliphatic heterocycles. The van der Waals surface area contributed by atoms with Crippen LogP contribution in [0.1, 0.15) is 11.1 Å². The number of carbonyl (C=O) groups excluding carboxylic acids is 1. The summed E-state index contributed by atoms with van der Waals surface area (Å²) >= 11 is 7.63. The zero-order chi connectivity index (χ0) is 19.9. The average molecular weight is 427 g/mol. The zero-order valence-electron chi connectivity index (χ0n) is 15.3. The predicted molar refractivity (Wildman–Crippen MR) is 114 cm³/mol. The Kier molecular flexibility index (Phi) is 8.01. The number of rotatable bonds is 9. The Labute approximate surface area is 170 Å². The van der Waals surface area contributed by atoms with E-state index in [1.807, 2.05) is 37.3 Å². The minimum absolute atomic E-state index is 0.235. The van der Waals surface area contributed by atoms with Crippen molar-refractivity contribution in [2.45, 2.75) is 12.7 Å². The summed E-state index contributed by atoms with van der Waals surface area (Å²) in [6.45, 7) is 2.11. The second-order valence-electron chi connectivity index (χ2n) is 6.14. The van der Waals surface area contributed by atoms with Gasteiger partial charge in [0.1, 0.15) is 6.54 Å². The molecular weight excluding hydrogens is 404 g/mol. The van der Waals surface area contributed by atoms with Crippen LogP contribution in [0.4, 0.5) is 5.69 Å². The summed E-state index contributed by atoms with van der Waals surface area (Å²) < 4.78 is 25.3. The largest absolute Gasteiger partial charge is 0.354 e. The molecule has 27 heavy (non-hydrogen) atoms. The van der Waals surface area contributed by atoms with E-state index in [-0.39, 0.29) is 12.5 Å². The highest BCUT2D eigenvalue weighted by atomic mass is 35.5. The molecule has 146 valence electrons. The predicted octanol–water partition coefficient (Wildman–Crippen LogP) is 3.46. The quantitative estimate of drug-likeness (QED) is 0.623. The van der Waals surface area contributed by atoms with Gasteiger partial charge in [0.15, 0.2) is 0 Å². The molecule has 0 aliphatic rings. The Morgan fingerprint density at radius 3 is 2.59 bits per heavy atom. The Bertz CT molecular complexity index is 888. The fourth-order valence-electron chi connectivity index (χ4n) is 2.45. The summed E-state index contributed by atoms with van der Waals surface area (Å²) in [6.07, 6.45) is 1.10. The van der Waals surface area contributed by atoms with Crippen molar-refractivity contribution in [3.63, 3.8) is 0 Å². The van der Waals surface area contributed by atoms with Gasteiger partial charge in [0.25, 0.3) is 0 Å². The average Bonchev–Trinajstić information content (AvgIpc) is 2.58. The van der Waals surface area contributed by atoms with Gasteiger partial charge in [-0.1, -0.05) is 35.9 Å². The van der Waals surface area contributed by atoms with Crippen LogP contribution >= 0.6 is 23.4 Å². The fraction of sp³-hybridized carbons (Fsp3) is 0.316. The van der Waals surface area contributed by atoms with Crippen molar-refractivity contribution in [1.82, 2.24) is 5.32 Å². The number of hydrogen-bond acceptors (Lipinski definition) is 4. The molecule has 1 N–H and O–H groups in total. The van der Waals surface area contributed by atoms with Crippen molar-refractivity contribution in [1.29, 1.82) is 0 Å². The van der Waals surface area contributed by atoms with Crippen molar-refractivity contribution < 1.29 is 13.2 Å². The first kappa shape index (κ1) is 21.6. The van der Waals surface area contributed by atoms with E-state index >= 15 is 0 Å². The van der Waals surface area contributed by atoms with Crippen LogP contribution in [0.25, 0.3) is 0 Å². The van der Waals surface area contributed by atoms with E-state index in [4.69, 9.17) is 11.6 Å². The highest BCUT2D eigenvalue weighted by molar-refractivity contribution is 7.98. The maximum atomic E-state index is 12.2. The van der Waals surface area contributed by atoms with Gasteiger partial charge in [0.2, 0.25) is 15.9 Å². The molecule has 0 aliphatic carbocycles. The van der Waals surface area contributed by atoms with Crippen molar-refractivity contribution in [3.8, 4) is 0 Å². The SMILES string of the molecule is Cc1cccc(N(CC(=O)NCCSCc2cccc(Cl)c2)S(C)(=O)=O)c1. The van der Waals surface area contributed by atoms with Crippen LogP contribution in [0.3, 0.4) is 0 Å².